The Kier molecular flexibility index (Phi) is 9.36. The van der Waals surface area contributed by atoms with Gasteiger partial charge in [0.05, 0.1) is 0 Å². The molecule has 1 aromatic heterocycles. The Labute approximate surface area is 160 Å². The van der Waals surface area contributed by atoms with Gasteiger partial charge in [0, 0.05) is 26.6 Å². The van der Waals surface area contributed by atoms with E-state index in [1.807, 2.05) is 13.0 Å². The van der Waals surface area contributed by atoms with Crippen LogP contribution in [0.1, 0.15) is 36.5 Å². The quantitative estimate of drug-likeness (QED) is 0.298. The van der Waals surface area contributed by atoms with Gasteiger partial charge in [-0.05, 0) is 24.8 Å². The number of guanidine groups is 1. The third-order valence-electron chi connectivity index (χ3n) is 3.60. The summed E-state index contributed by atoms with van der Waals surface area (Å²) in [6.07, 6.45) is 1.68. The van der Waals surface area contributed by atoms with Crippen LogP contribution in [0.25, 0.3) is 0 Å². The maximum Gasteiger partial charge on any atom is 0.226 e. The van der Waals surface area contributed by atoms with Crippen molar-refractivity contribution in [3.05, 3.63) is 47.6 Å². The fraction of sp³-hybridized carbons (Fsp3) is 0.471. The lowest BCUT2D eigenvalue weighted by molar-refractivity contribution is 0.372. The molecule has 0 saturated carbocycles. The van der Waals surface area contributed by atoms with Crippen LogP contribution < -0.4 is 10.6 Å². The fourth-order valence-electron chi connectivity index (χ4n) is 2.26. The Bertz CT molecular complexity index is 614. The number of halogens is 1. The van der Waals surface area contributed by atoms with Crippen LogP contribution in [0.15, 0.2) is 39.8 Å². The molecule has 0 radical (unpaired) electrons. The first-order valence-corrected chi connectivity index (χ1v) is 7.97. The van der Waals surface area contributed by atoms with Gasteiger partial charge in [-0.25, -0.2) is 0 Å². The number of aryl methyl sites for hydroxylation is 2. The fourth-order valence-corrected chi connectivity index (χ4v) is 2.26. The van der Waals surface area contributed by atoms with E-state index in [1.54, 1.807) is 7.05 Å². The van der Waals surface area contributed by atoms with Crippen molar-refractivity contribution in [3.8, 4) is 0 Å². The third kappa shape index (κ3) is 6.86. The molecule has 1 aromatic carbocycles. The second-order valence-corrected chi connectivity index (χ2v) is 5.53. The number of benzene rings is 1. The molecule has 1 atom stereocenters. The van der Waals surface area contributed by atoms with E-state index in [0.29, 0.717) is 17.6 Å². The molecule has 24 heavy (non-hydrogen) atoms. The van der Waals surface area contributed by atoms with E-state index in [2.05, 4.69) is 57.0 Å². The van der Waals surface area contributed by atoms with Gasteiger partial charge in [-0.3, -0.25) is 4.99 Å². The van der Waals surface area contributed by atoms with E-state index in [-0.39, 0.29) is 24.0 Å². The first-order chi connectivity index (χ1) is 11.2. The van der Waals surface area contributed by atoms with Gasteiger partial charge < -0.3 is 15.2 Å². The molecule has 0 aliphatic carbocycles. The van der Waals surface area contributed by atoms with Crippen molar-refractivity contribution in [2.24, 2.45) is 4.99 Å². The van der Waals surface area contributed by atoms with Gasteiger partial charge in [-0.15, -0.1) is 24.0 Å². The largest absolute Gasteiger partial charge is 0.356 e. The monoisotopic (exact) mass is 443 g/mol. The normalized spacial score (nSPS) is 12.4. The standard InChI is InChI=1S/C17H25N5O.HI/c1-13(15-8-5-4-6-9-15)12-20-17(18-3)19-11-7-10-16-21-14(2)22-23-16;/h4-6,8-9,13H,7,10-12H2,1-3H3,(H2,18,19,20);1H. The number of aromatic nitrogens is 2. The molecule has 0 amide bonds. The third-order valence-corrected chi connectivity index (χ3v) is 3.60. The first-order valence-electron chi connectivity index (χ1n) is 7.97. The molecule has 1 unspecified atom stereocenters. The molecule has 0 saturated heterocycles. The van der Waals surface area contributed by atoms with Gasteiger partial charge in [0.15, 0.2) is 11.8 Å². The van der Waals surface area contributed by atoms with Crippen molar-refractivity contribution in [3.63, 3.8) is 0 Å². The van der Waals surface area contributed by atoms with Crippen molar-refractivity contribution < 1.29 is 4.52 Å². The van der Waals surface area contributed by atoms with E-state index >= 15 is 0 Å². The zero-order valence-corrected chi connectivity index (χ0v) is 16.8. The topological polar surface area (TPSA) is 75.3 Å². The number of hydrogen-bond donors (Lipinski definition) is 2. The zero-order valence-electron chi connectivity index (χ0n) is 14.5. The minimum absolute atomic E-state index is 0. The smallest absolute Gasteiger partial charge is 0.226 e. The number of nitrogens with zero attached hydrogens (tertiary/aromatic N) is 3. The summed E-state index contributed by atoms with van der Waals surface area (Å²) in [4.78, 5) is 8.43. The number of aliphatic imine (C=N–C) groups is 1. The predicted octanol–water partition coefficient (Wildman–Crippen LogP) is 2.90. The van der Waals surface area contributed by atoms with Crippen LogP contribution in [0, 0.1) is 6.92 Å². The van der Waals surface area contributed by atoms with Gasteiger partial charge in [0.25, 0.3) is 0 Å². The first kappa shape index (κ1) is 20.4. The molecule has 6 nitrogen and oxygen atoms in total. The van der Waals surface area contributed by atoms with Crippen LogP contribution >= 0.6 is 24.0 Å². The van der Waals surface area contributed by atoms with Gasteiger partial charge >= 0.3 is 0 Å². The Hall–Kier alpha value is -1.64. The van der Waals surface area contributed by atoms with E-state index in [9.17, 15) is 0 Å². The molecule has 132 valence electrons. The molecule has 0 fully saturated rings. The van der Waals surface area contributed by atoms with E-state index in [4.69, 9.17) is 4.52 Å². The van der Waals surface area contributed by atoms with Crippen LogP contribution in [0.5, 0.6) is 0 Å². The van der Waals surface area contributed by atoms with Crippen molar-refractivity contribution in [2.45, 2.75) is 32.6 Å². The average Bonchev–Trinajstić information content (AvgIpc) is 3.00. The van der Waals surface area contributed by atoms with E-state index < -0.39 is 0 Å². The molecule has 2 rings (SSSR count). The summed E-state index contributed by atoms with van der Waals surface area (Å²) in [5.41, 5.74) is 1.32. The maximum absolute atomic E-state index is 5.09. The zero-order chi connectivity index (χ0) is 16.5. The number of hydrogen-bond acceptors (Lipinski definition) is 4. The van der Waals surface area contributed by atoms with E-state index in [1.165, 1.54) is 5.56 Å². The molecule has 1 heterocycles. The van der Waals surface area contributed by atoms with Crippen molar-refractivity contribution in [1.82, 2.24) is 20.8 Å². The highest BCUT2D eigenvalue weighted by Crippen LogP contribution is 2.12. The summed E-state index contributed by atoms with van der Waals surface area (Å²) in [5, 5.41) is 10.4. The van der Waals surface area contributed by atoms with Gasteiger partial charge in [-0.1, -0.05) is 42.4 Å². The molecular formula is C17H26IN5O. The number of nitrogens with one attached hydrogen (secondary N) is 2. The minimum atomic E-state index is 0. The lowest BCUT2D eigenvalue weighted by atomic mass is 10.0. The van der Waals surface area contributed by atoms with Crippen molar-refractivity contribution in [2.75, 3.05) is 20.1 Å². The molecule has 0 aliphatic heterocycles. The Morgan fingerprint density at radius 1 is 1.25 bits per heavy atom. The molecule has 7 heteroatoms. The molecular weight excluding hydrogens is 417 g/mol. The van der Waals surface area contributed by atoms with Crippen molar-refractivity contribution >= 4 is 29.9 Å². The summed E-state index contributed by atoms with van der Waals surface area (Å²) in [6.45, 7) is 5.67. The minimum Gasteiger partial charge on any atom is -0.356 e. The van der Waals surface area contributed by atoms with Gasteiger partial charge in [-0.2, -0.15) is 4.98 Å². The summed E-state index contributed by atoms with van der Waals surface area (Å²) < 4.78 is 5.09. The van der Waals surface area contributed by atoms with Crippen LogP contribution in [0.2, 0.25) is 0 Å². The van der Waals surface area contributed by atoms with E-state index in [0.717, 1.165) is 31.9 Å². The van der Waals surface area contributed by atoms with Crippen LogP contribution in [-0.4, -0.2) is 36.2 Å². The van der Waals surface area contributed by atoms with Crippen molar-refractivity contribution in [1.29, 1.82) is 0 Å². The maximum atomic E-state index is 5.09. The van der Waals surface area contributed by atoms with Gasteiger partial charge in [0.1, 0.15) is 0 Å². The molecule has 0 spiro atoms. The highest BCUT2D eigenvalue weighted by Gasteiger charge is 2.06. The highest BCUT2D eigenvalue weighted by molar-refractivity contribution is 14.0. The summed E-state index contributed by atoms with van der Waals surface area (Å²) in [6, 6.07) is 10.5. The molecule has 0 aliphatic rings. The highest BCUT2D eigenvalue weighted by atomic mass is 127. The Balaban J connectivity index is 0.00000288. The Morgan fingerprint density at radius 2 is 2.00 bits per heavy atom. The lowest BCUT2D eigenvalue weighted by Crippen LogP contribution is -2.39. The second-order valence-electron chi connectivity index (χ2n) is 5.53. The SMILES string of the molecule is CN=C(NCCCc1nc(C)no1)NCC(C)c1ccccc1.I. The molecule has 0 bridgehead atoms. The van der Waals surface area contributed by atoms with Crippen LogP contribution in [0.3, 0.4) is 0 Å². The number of rotatable bonds is 7. The van der Waals surface area contributed by atoms with Crippen LogP contribution in [-0.2, 0) is 6.42 Å². The molecule has 2 N–H and O–H groups in total. The predicted molar refractivity (Wildman–Crippen MR) is 107 cm³/mol. The summed E-state index contributed by atoms with van der Waals surface area (Å²) >= 11 is 0. The lowest BCUT2D eigenvalue weighted by Gasteiger charge is -2.16. The second kappa shape index (κ2) is 11.0. The van der Waals surface area contributed by atoms with Crippen LogP contribution in [0.4, 0.5) is 0 Å². The molecule has 2 aromatic rings. The Morgan fingerprint density at radius 3 is 2.62 bits per heavy atom. The average molecular weight is 443 g/mol. The summed E-state index contributed by atoms with van der Waals surface area (Å²) in [7, 11) is 1.78. The van der Waals surface area contributed by atoms with Gasteiger partial charge in [0.2, 0.25) is 5.89 Å². The summed E-state index contributed by atoms with van der Waals surface area (Å²) in [5.74, 6) is 2.61.